The van der Waals surface area contributed by atoms with Gasteiger partial charge in [-0.25, -0.2) is 0 Å². The number of carbonyl (C=O) groups excluding carboxylic acids is 1. The molecule has 0 saturated carbocycles. The molecular weight excluding hydrogens is 362 g/mol. The number of hydrogen-bond donors (Lipinski definition) is 1. The van der Waals surface area contributed by atoms with E-state index < -0.39 is 0 Å². The average molecular weight is 389 g/mol. The zero-order chi connectivity index (χ0) is 20.2. The third kappa shape index (κ3) is 4.67. The Balaban J connectivity index is 1.37. The lowest BCUT2D eigenvalue weighted by molar-refractivity contribution is 0.0627. The highest BCUT2D eigenvalue weighted by Gasteiger charge is 2.26. The first kappa shape index (κ1) is 19.2. The van der Waals surface area contributed by atoms with Gasteiger partial charge in [-0.2, -0.15) is 5.10 Å². The number of ether oxygens (including phenoxy) is 1. The molecule has 1 aliphatic rings. The van der Waals surface area contributed by atoms with Gasteiger partial charge in [-0.05, 0) is 44.9 Å². The van der Waals surface area contributed by atoms with E-state index in [4.69, 9.17) is 4.74 Å². The van der Waals surface area contributed by atoms with Crippen LogP contribution in [0.15, 0.2) is 54.6 Å². The van der Waals surface area contributed by atoms with E-state index in [-0.39, 0.29) is 5.91 Å². The lowest BCUT2D eigenvalue weighted by Gasteiger charge is -2.32. The molecule has 29 heavy (non-hydrogen) atoms. The summed E-state index contributed by atoms with van der Waals surface area (Å²) in [6.45, 7) is 6.24. The Morgan fingerprint density at radius 3 is 2.52 bits per heavy atom. The van der Waals surface area contributed by atoms with Crippen LogP contribution in [0.4, 0.5) is 0 Å². The summed E-state index contributed by atoms with van der Waals surface area (Å²) in [7, 11) is 0. The van der Waals surface area contributed by atoms with Gasteiger partial charge in [-0.15, -0.1) is 0 Å². The number of carbonyl (C=O) groups is 1. The molecule has 0 radical (unpaired) electrons. The Labute approximate surface area is 171 Å². The van der Waals surface area contributed by atoms with Gasteiger partial charge >= 0.3 is 0 Å². The smallest absolute Gasteiger partial charge is 0.271 e. The van der Waals surface area contributed by atoms with Crippen molar-refractivity contribution in [3.05, 3.63) is 71.4 Å². The molecule has 5 nitrogen and oxygen atoms in total. The minimum atomic E-state index is 0.0101. The van der Waals surface area contributed by atoms with Gasteiger partial charge in [0.15, 0.2) is 0 Å². The molecule has 0 bridgehead atoms. The molecule has 2 aromatic carbocycles. The Hall–Kier alpha value is -3.08. The van der Waals surface area contributed by atoms with Crippen LogP contribution in [0.25, 0.3) is 11.3 Å². The Kier molecular flexibility index (Phi) is 5.65. The molecule has 0 spiro atoms. The fraction of sp³-hybridized carbons (Fsp3) is 0.333. The topological polar surface area (TPSA) is 58.2 Å². The summed E-state index contributed by atoms with van der Waals surface area (Å²) in [5.74, 6) is 1.24. The number of aromatic nitrogens is 2. The van der Waals surface area contributed by atoms with E-state index in [1.807, 2.05) is 35.2 Å². The van der Waals surface area contributed by atoms with Crippen molar-refractivity contribution in [3.8, 4) is 17.0 Å². The Morgan fingerprint density at radius 2 is 1.79 bits per heavy atom. The second kappa shape index (κ2) is 8.52. The van der Waals surface area contributed by atoms with Crippen molar-refractivity contribution in [2.45, 2.75) is 26.7 Å². The quantitative estimate of drug-likeness (QED) is 0.692. The number of H-pyrrole nitrogens is 1. The van der Waals surface area contributed by atoms with Crippen LogP contribution in [0.5, 0.6) is 5.75 Å². The molecule has 2 heterocycles. The van der Waals surface area contributed by atoms with Crippen molar-refractivity contribution in [1.82, 2.24) is 15.1 Å². The number of rotatable bonds is 5. The van der Waals surface area contributed by atoms with Crippen LogP contribution in [0.2, 0.25) is 0 Å². The second-order valence-corrected chi connectivity index (χ2v) is 7.92. The van der Waals surface area contributed by atoms with Gasteiger partial charge in [-0.1, -0.05) is 47.5 Å². The number of likely N-dealkylation sites (tertiary alicyclic amines) is 1. The molecule has 1 fully saturated rings. The maximum absolute atomic E-state index is 13.0. The molecule has 4 rings (SSSR count). The van der Waals surface area contributed by atoms with Crippen molar-refractivity contribution in [2.75, 3.05) is 19.7 Å². The zero-order valence-corrected chi connectivity index (χ0v) is 17.0. The number of benzene rings is 2. The number of hydrogen-bond acceptors (Lipinski definition) is 3. The van der Waals surface area contributed by atoms with E-state index in [2.05, 4.69) is 48.3 Å². The first-order chi connectivity index (χ1) is 14.1. The van der Waals surface area contributed by atoms with Gasteiger partial charge < -0.3 is 9.64 Å². The Bertz CT molecular complexity index is 961. The van der Waals surface area contributed by atoms with Gasteiger partial charge in [-0.3, -0.25) is 9.89 Å². The number of aromatic amines is 1. The van der Waals surface area contributed by atoms with Crippen LogP contribution >= 0.6 is 0 Å². The van der Waals surface area contributed by atoms with Gasteiger partial charge in [0.1, 0.15) is 11.4 Å². The molecule has 3 aromatic rings. The summed E-state index contributed by atoms with van der Waals surface area (Å²) in [4.78, 5) is 14.9. The van der Waals surface area contributed by atoms with Crippen LogP contribution in [0.1, 0.15) is 34.5 Å². The summed E-state index contributed by atoms with van der Waals surface area (Å²) in [5, 5.41) is 7.26. The summed E-state index contributed by atoms with van der Waals surface area (Å²) >= 11 is 0. The highest BCUT2D eigenvalue weighted by Crippen LogP contribution is 2.22. The number of aryl methyl sites for hydroxylation is 2. The summed E-state index contributed by atoms with van der Waals surface area (Å²) in [6, 6.07) is 18.1. The minimum Gasteiger partial charge on any atom is -0.493 e. The predicted octanol–water partition coefficient (Wildman–Crippen LogP) is 4.62. The zero-order valence-electron chi connectivity index (χ0n) is 17.0. The van der Waals surface area contributed by atoms with E-state index in [1.54, 1.807) is 0 Å². The first-order valence-electron chi connectivity index (χ1n) is 10.2. The third-order valence-corrected chi connectivity index (χ3v) is 5.47. The fourth-order valence-corrected chi connectivity index (χ4v) is 3.71. The molecule has 1 atom stereocenters. The van der Waals surface area contributed by atoms with Gasteiger partial charge in [0.25, 0.3) is 5.91 Å². The highest BCUT2D eigenvalue weighted by molar-refractivity contribution is 5.93. The summed E-state index contributed by atoms with van der Waals surface area (Å²) in [6.07, 6.45) is 2.07. The van der Waals surface area contributed by atoms with Crippen molar-refractivity contribution >= 4 is 5.91 Å². The molecule has 1 aromatic heterocycles. The van der Waals surface area contributed by atoms with Crippen LogP contribution in [-0.4, -0.2) is 40.7 Å². The molecule has 1 aliphatic heterocycles. The molecule has 1 N–H and O–H groups in total. The van der Waals surface area contributed by atoms with Crippen molar-refractivity contribution in [1.29, 1.82) is 0 Å². The molecule has 1 unspecified atom stereocenters. The number of piperidine rings is 1. The number of amides is 1. The normalized spacial score (nSPS) is 16.6. The molecule has 1 saturated heterocycles. The molecule has 150 valence electrons. The lowest BCUT2D eigenvalue weighted by Crippen LogP contribution is -2.41. The minimum absolute atomic E-state index is 0.0101. The Morgan fingerprint density at radius 1 is 1.10 bits per heavy atom. The van der Waals surface area contributed by atoms with E-state index in [1.165, 1.54) is 11.1 Å². The fourth-order valence-electron chi connectivity index (χ4n) is 3.71. The van der Waals surface area contributed by atoms with Crippen LogP contribution in [-0.2, 0) is 0 Å². The van der Waals surface area contributed by atoms with Crippen molar-refractivity contribution in [2.24, 2.45) is 5.92 Å². The number of nitrogens with one attached hydrogen (secondary N) is 1. The van der Waals surface area contributed by atoms with E-state index in [0.29, 0.717) is 24.8 Å². The number of nitrogens with zero attached hydrogens (tertiary/aromatic N) is 2. The lowest BCUT2D eigenvalue weighted by atomic mass is 9.98. The average Bonchev–Trinajstić information content (AvgIpc) is 3.24. The largest absolute Gasteiger partial charge is 0.493 e. The molecule has 0 aliphatic carbocycles. The van der Waals surface area contributed by atoms with Crippen LogP contribution in [0, 0.1) is 19.8 Å². The van der Waals surface area contributed by atoms with Gasteiger partial charge in [0.2, 0.25) is 0 Å². The van der Waals surface area contributed by atoms with E-state index in [9.17, 15) is 4.79 Å². The highest BCUT2D eigenvalue weighted by atomic mass is 16.5. The predicted molar refractivity (Wildman–Crippen MR) is 114 cm³/mol. The van der Waals surface area contributed by atoms with E-state index >= 15 is 0 Å². The molecule has 1 amide bonds. The van der Waals surface area contributed by atoms with Gasteiger partial charge in [0.05, 0.1) is 12.3 Å². The summed E-state index contributed by atoms with van der Waals surface area (Å²) in [5.41, 5.74) is 4.77. The monoisotopic (exact) mass is 389 g/mol. The summed E-state index contributed by atoms with van der Waals surface area (Å²) < 4.78 is 5.95. The van der Waals surface area contributed by atoms with Crippen molar-refractivity contribution in [3.63, 3.8) is 0 Å². The third-order valence-electron chi connectivity index (χ3n) is 5.47. The SMILES string of the molecule is Cc1ccc(OCC2CCCN(C(=O)c3cc(-c4ccc(C)cc4)n[nH]3)C2)cc1. The van der Waals surface area contributed by atoms with E-state index in [0.717, 1.165) is 36.4 Å². The molecular formula is C24H27N3O2. The van der Waals surface area contributed by atoms with Crippen molar-refractivity contribution < 1.29 is 9.53 Å². The standard InChI is InChI=1S/C24H27N3O2/c1-17-5-9-20(10-6-17)22-14-23(26-25-22)24(28)27-13-3-4-19(15-27)16-29-21-11-7-18(2)8-12-21/h5-12,14,19H,3-4,13,15-16H2,1-2H3,(H,25,26). The first-order valence-corrected chi connectivity index (χ1v) is 10.2. The van der Waals surface area contributed by atoms with Crippen LogP contribution in [0.3, 0.4) is 0 Å². The van der Waals surface area contributed by atoms with Gasteiger partial charge in [0, 0.05) is 24.6 Å². The second-order valence-electron chi connectivity index (χ2n) is 7.92. The molecule has 5 heteroatoms. The van der Waals surface area contributed by atoms with Crippen LogP contribution < -0.4 is 4.74 Å². The maximum Gasteiger partial charge on any atom is 0.271 e. The maximum atomic E-state index is 13.0.